The zero-order chi connectivity index (χ0) is 25.9. The van der Waals surface area contributed by atoms with E-state index < -0.39 is 21.8 Å². The lowest BCUT2D eigenvalue weighted by Gasteiger charge is -2.32. The van der Waals surface area contributed by atoms with Gasteiger partial charge in [0.1, 0.15) is 0 Å². The Balaban J connectivity index is 1.32. The lowest BCUT2D eigenvalue weighted by atomic mass is 9.96. The second kappa shape index (κ2) is 10.7. The number of carbonyl (C=O) groups is 1. The number of carbonyl (C=O) groups excluding carboxylic acids is 1. The van der Waals surface area contributed by atoms with Crippen molar-refractivity contribution >= 4 is 21.9 Å². The zero-order valence-corrected chi connectivity index (χ0v) is 20.4. The van der Waals surface area contributed by atoms with E-state index in [9.17, 15) is 26.4 Å². The maximum atomic E-state index is 13.3. The molecule has 196 valence electrons. The Labute approximate surface area is 207 Å². The standard InChI is InChI=1S/C23H29F3N6O3S/c24-23(25,26)18-13-28-22(29-14-18)30-19-6-10-32(11-7-19)36(34,35)20-3-1-2-16(12-20)15-31-8-4-17(5-9-31)21(27)33/h1-3,12-14,17,19H,4-11,15H2,(H2,27,33)(H,28,29,30). The molecule has 0 atom stereocenters. The van der Waals surface area contributed by atoms with Crippen molar-refractivity contribution in [2.24, 2.45) is 11.7 Å². The predicted molar refractivity (Wildman–Crippen MR) is 126 cm³/mol. The van der Waals surface area contributed by atoms with E-state index >= 15 is 0 Å². The van der Waals surface area contributed by atoms with Crippen molar-refractivity contribution < 1.29 is 26.4 Å². The van der Waals surface area contributed by atoms with Crippen LogP contribution < -0.4 is 11.1 Å². The molecule has 13 heteroatoms. The van der Waals surface area contributed by atoms with Crippen LogP contribution in [-0.4, -0.2) is 65.7 Å². The van der Waals surface area contributed by atoms with Gasteiger partial charge in [0.2, 0.25) is 21.9 Å². The molecule has 4 rings (SSSR count). The second-order valence-corrected chi connectivity index (χ2v) is 11.2. The Morgan fingerprint density at radius 1 is 1.06 bits per heavy atom. The van der Waals surface area contributed by atoms with Gasteiger partial charge >= 0.3 is 6.18 Å². The number of halogens is 3. The minimum Gasteiger partial charge on any atom is -0.369 e. The fourth-order valence-corrected chi connectivity index (χ4v) is 6.10. The van der Waals surface area contributed by atoms with Gasteiger partial charge in [-0.2, -0.15) is 17.5 Å². The highest BCUT2D eigenvalue weighted by atomic mass is 32.2. The van der Waals surface area contributed by atoms with Crippen molar-refractivity contribution in [3.8, 4) is 0 Å². The molecule has 2 aromatic rings. The molecule has 9 nitrogen and oxygen atoms in total. The number of alkyl halides is 3. The number of likely N-dealkylation sites (tertiary alicyclic amines) is 1. The molecule has 0 aliphatic carbocycles. The molecule has 1 aromatic carbocycles. The van der Waals surface area contributed by atoms with Crippen LogP contribution in [0, 0.1) is 5.92 Å². The first kappa shape index (κ1) is 26.3. The van der Waals surface area contributed by atoms with Gasteiger partial charge in [0.25, 0.3) is 0 Å². The molecule has 3 N–H and O–H groups in total. The van der Waals surface area contributed by atoms with E-state index in [4.69, 9.17) is 5.73 Å². The van der Waals surface area contributed by atoms with Gasteiger partial charge in [-0.3, -0.25) is 9.69 Å². The third kappa shape index (κ3) is 6.31. The van der Waals surface area contributed by atoms with Crippen LogP contribution in [-0.2, 0) is 27.5 Å². The highest BCUT2D eigenvalue weighted by Gasteiger charge is 2.32. The van der Waals surface area contributed by atoms with Crippen molar-refractivity contribution in [3.63, 3.8) is 0 Å². The van der Waals surface area contributed by atoms with Crippen molar-refractivity contribution in [1.82, 2.24) is 19.2 Å². The average molecular weight is 527 g/mol. The monoisotopic (exact) mass is 526 g/mol. The summed E-state index contributed by atoms with van der Waals surface area (Å²) in [5.41, 5.74) is 5.35. The lowest BCUT2D eigenvalue weighted by Crippen LogP contribution is -2.42. The van der Waals surface area contributed by atoms with Crippen molar-refractivity contribution in [2.75, 3.05) is 31.5 Å². The number of rotatable bonds is 7. The summed E-state index contributed by atoms with van der Waals surface area (Å²) in [7, 11) is -3.69. The molecule has 0 unspecified atom stereocenters. The number of piperidine rings is 2. The Kier molecular flexibility index (Phi) is 7.81. The quantitative estimate of drug-likeness (QED) is 0.568. The number of nitrogens with one attached hydrogen (secondary N) is 1. The first-order valence-corrected chi connectivity index (χ1v) is 13.2. The number of benzene rings is 1. The van der Waals surface area contributed by atoms with E-state index in [1.165, 1.54) is 4.31 Å². The maximum Gasteiger partial charge on any atom is 0.419 e. The highest BCUT2D eigenvalue weighted by molar-refractivity contribution is 7.89. The van der Waals surface area contributed by atoms with Gasteiger partial charge in [-0.05, 0) is 56.5 Å². The largest absolute Gasteiger partial charge is 0.419 e. The third-order valence-corrected chi connectivity index (χ3v) is 8.59. The molecule has 2 aliphatic rings. The number of amides is 1. The number of aromatic nitrogens is 2. The summed E-state index contributed by atoms with van der Waals surface area (Å²) in [5, 5.41) is 2.99. The van der Waals surface area contributed by atoms with Crippen LogP contribution in [0.4, 0.5) is 19.1 Å². The summed E-state index contributed by atoms with van der Waals surface area (Å²) in [6.45, 7) is 2.59. The van der Waals surface area contributed by atoms with Gasteiger partial charge in [0.15, 0.2) is 0 Å². The first-order chi connectivity index (χ1) is 17.0. The van der Waals surface area contributed by atoms with Crippen LogP contribution >= 0.6 is 0 Å². The molecule has 2 aliphatic heterocycles. The molecular formula is C23H29F3N6O3S. The minimum absolute atomic E-state index is 0.0804. The van der Waals surface area contributed by atoms with E-state index in [0.29, 0.717) is 32.2 Å². The molecule has 2 fully saturated rings. The molecule has 36 heavy (non-hydrogen) atoms. The average Bonchev–Trinajstić information content (AvgIpc) is 2.85. The van der Waals surface area contributed by atoms with Gasteiger partial charge < -0.3 is 11.1 Å². The molecule has 0 spiro atoms. The van der Waals surface area contributed by atoms with Crippen LogP contribution in [0.25, 0.3) is 0 Å². The van der Waals surface area contributed by atoms with Gasteiger partial charge in [0.05, 0.1) is 10.5 Å². The normalized spacial score (nSPS) is 19.3. The van der Waals surface area contributed by atoms with Crippen LogP contribution in [0.1, 0.15) is 36.8 Å². The van der Waals surface area contributed by atoms with Crippen LogP contribution in [0.3, 0.4) is 0 Å². The van der Waals surface area contributed by atoms with Gasteiger partial charge in [-0.25, -0.2) is 18.4 Å². The summed E-state index contributed by atoms with van der Waals surface area (Å²) in [6, 6.07) is 6.74. The summed E-state index contributed by atoms with van der Waals surface area (Å²) in [5.74, 6) is -0.290. The number of hydrogen-bond donors (Lipinski definition) is 2. The van der Waals surface area contributed by atoms with E-state index in [1.807, 2.05) is 6.07 Å². The fraction of sp³-hybridized carbons (Fsp3) is 0.522. The zero-order valence-electron chi connectivity index (χ0n) is 19.6. The summed E-state index contributed by atoms with van der Waals surface area (Å²) in [6.07, 6.45) is -0.709. The third-order valence-electron chi connectivity index (χ3n) is 6.70. The Hall–Kier alpha value is -2.77. The predicted octanol–water partition coefficient (Wildman–Crippen LogP) is 2.46. The summed E-state index contributed by atoms with van der Waals surface area (Å²) < 4.78 is 66.0. The number of nitrogens with two attached hydrogens (primary N) is 1. The van der Waals surface area contributed by atoms with Gasteiger partial charge in [0, 0.05) is 44.0 Å². The fourth-order valence-electron chi connectivity index (χ4n) is 4.56. The van der Waals surface area contributed by atoms with E-state index in [2.05, 4.69) is 20.2 Å². The lowest BCUT2D eigenvalue weighted by molar-refractivity contribution is -0.138. The number of anilines is 1. The van der Waals surface area contributed by atoms with Gasteiger partial charge in [-0.15, -0.1) is 0 Å². The number of hydrogen-bond acceptors (Lipinski definition) is 7. The smallest absolute Gasteiger partial charge is 0.369 e. The Morgan fingerprint density at radius 3 is 2.28 bits per heavy atom. The topological polar surface area (TPSA) is 122 Å². The SMILES string of the molecule is NC(=O)C1CCN(Cc2cccc(S(=O)(=O)N3CCC(Nc4ncc(C(F)(F)F)cn4)CC3)c2)CC1. The molecular weight excluding hydrogens is 497 g/mol. The van der Waals surface area contributed by atoms with Crippen molar-refractivity contribution in [2.45, 2.75) is 49.3 Å². The second-order valence-electron chi connectivity index (χ2n) is 9.22. The highest BCUT2D eigenvalue weighted by Crippen LogP contribution is 2.28. The van der Waals surface area contributed by atoms with E-state index in [0.717, 1.165) is 31.0 Å². The Bertz CT molecular complexity index is 1160. The minimum atomic E-state index is -4.50. The van der Waals surface area contributed by atoms with Crippen LogP contribution in [0.5, 0.6) is 0 Å². The van der Waals surface area contributed by atoms with Crippen molar-refractivity contribution in [3.05, 3.63) is 47.8 Å². The maximum absolute atomic E-state index is 13.3. The van der Waals surface area contributed by atoms with Crippen LogP contribution in [0.2, 0.25) is 0 Å². The molecule has 1 aromatic heterocycles. The molecule has 1 amide bonds. The summed E-state index contributed by atoms with van der Waals surface area (Å²) >= 11 is 0. The van der Waals surface area contributed by atoms with E-state index in [-0.39, 0.29) is 41.8 Å². The molecule has 0 bridgehead atoms. The van der Waals surface area contributed by atoms with Crippen molar-refractivity contribution in [1.29, 1.82) is 0 Å². The number of primary amides is 1. The molecule has 2 saturated heterocycles. The molecule has 0 radical (unpaired) electrons. The Morgan fingerprint density at radius 2 is 1.69 bits per heavy atom. The summed E-state index contributed by atoms with van der Waals surface area (Å²) in [4.78, 5) is 21.2. The van der Waals surface area contributed by atoms with Crippen LogP contribution in [0.15, 0.2) is 41.6 Å². The molecule has 0 saturated carbocycles. The first-order valence-electron chi connectivity index (χ1n) is 11.8. The van der Waals surface area contributed by atoms with E-state index in [1.54, 1.807) is 18.2 Å². The number of nitrogens with zero attached hydrogens (tertiary/aromatic N) is 4. The molecule has 3 heterocycles. The number of sulfonamides is 1. The van der Waals surface area contributed by atoms with Gasteiger partial charge in [-0.1, -0.05) is 12.1 Å².